The second kappa shape index (κ2) is 9.00. The van der Waals surface area contributed by atoms with Crippen molar-refractivity contribution < 1.29 is 4.79 Å². The van der Waals surface area contributed by atoms with Crippen molar-refractivity contribution in [3.05, 3.63) is 60.8 Å². The minimum Gasteiger partial charge on any atom is -0.310 e. The molecule has 4 rings (SSSR count). The van der Waals surface area contributed by atoms with Crippen molar-refractivity contribution in [2.45, 2.75) is 37.4 Å². The minimum absolute atomic E-state index is 0.131. The number of nitrogens with one attached hydrogen (secondary N) is 2. The Morgan fingerprint density at radius 2 is 2.00 bits per heavy atom. The predicted octanol–water partition coefficient (Wildman–Crippen LogP) is 4.29. The van der Waals surface area contributed by atoms with Crippen LogP contribution in [-0.2, 0) is 4.79 Å². The number of aromatic nitrogens is 4. The Hall–Kier alpha value is -3.00. The average molecular weight is 407 g/mol. The summed E-state index contributed by atoms with van der Waals surface area (Å²) in [6, 6.07) is 9.36. The molecular formula is C21H22N6OS. The van der Waals surface area contributed by atoms with Crippen molar-refractivity contribution in [1.82, 2.24) is 19.9 Å². The first kappa shape index (κ1) is 19.3. The van der Waals surface area contributed by atoms with E-state index < -0.39 is 0 Å². The maximum absolute atomic E-state index is 12.8. The molecule has 0 spiro atoms. The topological polar surface area (TPSA) is 92.7 Å². The standard InChI is InChI=1S/C21H22N6OS/c1-2-17(18-9-11-23-21(25-18)27-29-16-6-7-16)20(28)26-19-8-5-15(13-24-19)14-4-3-10-22-12-14/h3-5,8-13,16-17H,2,6-7H2,1H3,(H,23,25,27)(H,24,26,28). The van der Waals surface area contributed by atoms with Gasteiger partial charge in [0, 0.05) is 41.2 Å². The van der Waals surface area contributed by atoms with Crippen LogP contribution >= 0.6 is 11.9 Å². The van der Waals surface area contributed by atoms with Crippen LogP contribution in [0.5, 0.6) is 0 Å². The molecule has 7 nitrogen and oxygen atoms in total. The third-order valence-corrected chi connectivity index (χ3v) is 5.71. The third-order valence-electron chi connectivity index (χ3n) is 4.61. The van der Waals surface area contributed by atoms with Gasteiger partial charge >= 0.3 is 0 Å². The highest BCUT2D eigenvalue weighted by molar-refractivity contribution is 8.01. The van der Waals surface area contributed by atoms with Crippen LogP contribution in [0.1, 0.15) is 37.8 Å². The molecule has 2 N–H and O–H groups in total. The SMILES string of the molecule is CCC(C(=O)Nc1ccc(-c2cccnc2)cn1)c1ccnc(NSC2CC2)n1. The largest absolute Gasteiger partial charge is 0.310 e. The first-order valence-corrected chi connectivity index (χ1v) is 10.5. The number of nitrogens with zero attached hydrogens (tertiary/aromatic N) is 4. The monoisotopic (exact) mass is 406 g/mol. The molecule has 3 aromatic heterocycles. The van der Waals surface area contributed by atoms with Gasteiger partial charge in [-0.2, -0.15) is 0 Å². The number of rotatable bonds is 8. The van der Waals surface area contributed by atoms with Gasteiger partial charge < -0.3 is 5.32 Å². The summed E-state index contributed by atoms with van der Waals surface area (Å²) in [7, 11) is 0. The molecule has 0 aromatic carbocycles. The van der Waals surface area contributed by atoms with Crippen molar-refractivity contribution >= 4 is 29.6 Å². The lowest BCUT2D eigenvalue weighted by molar-refractivity contribution is -0.117. The zero-order valence-electron chi connectivity index (χ0n) is 16.1. The van der Waals surface area contributed by atoms with E-state index >= 15 is 0 Å². The molecule has 1 aliphatic rings. The highest BCUT2D eigenvalue weighted by atomic mass is 32.2. The third kappa shape index (κ3) is 5.08. The summed E-state index contributed by atoms with van der Waals surface area (Å²) in [5.74, 6) is 0.556. The predicted molar refractivity (Wildman–Crippen MR) is 115 cm³/mol. The zero-order valence-corrected chi connectivity index (χ0v) is 16.9. The first-order chi connectivity index (χ1) is 14.2. The second-order valence-corrected chi connectivity index (χ2v) is 7.95. The van der Waals surface area contributed by atoms with Gasteiger partial charge in [-0.15, -0.1) is 0 Å². The molecule has 1 aliphatic carbocycles. The highest BCUT2D eigenvalue weighted by Crippen LogP contribution is 2.34. The molecule has 1 saturated carbocycles. The Morgan fingerprint density at radius 3 is 2.69 bits per heavy atom. The normalized spacial score (nSPS) is 14.2. The van der Waals surface area contributed by atoms with Crippen molar-refractivity contribution in [2.24, 2.45) is 0 Å². The number of hydrogen-bond donors (Lipinski definition) is 2. The molecule has 1 unspecified atom stereocenters. The fourth-order valence-corrected chi connectivity index (χ4v) is 3.59. The van der Waals surface area contributed by atoms with E-state index in [4.69, 9.17) is 0 Å². The lowest BCUT2D eigenvalue weighted by Crippen LogP contribution is -2.22. The second-order valence-electron chi connectivity index (χ2n) is 6.85. The molecule has 1 fully saturated rings. The summed E-state index contributed by atoms with van der Waals surface area (Å²) in [6.07, 6.45) is 10.0. The smallest absolute Gasteiger partial charge is 0.234 e. The number of carbonyl (C=O) groups excluding carboxylic acids is 1. The van der Waals surface area contributed by atoms with Crippen molar-refractivity contribution in [3.8, 4) is 11.1 Å². The summed E-state index contributed by atoms with van der Waals surface area (Å²) in [4.78, 5) is 30.1. The number of hydrogen-bond acceptors (Lipinski definition) is 7. The van der Waals surface area contributed by atoms with E-state index in [-0.39, 0.29) is 11.8 Å². The summed E-state index contributed by atoms with van der Waals surface area (Å²) in [5.41, 5.74) is 2.63. The summed E-state index contributed by atoms with van der Waals surface area (Å²) >= 11 is 1.64. The number of amides is 1. The van der Waals surface area contributed by atoms with Crippen LogP contribution in [-0.4, -0.2) is 31.1 Å². The van der Waals surface area contributed by atoms with Gasteiger partial charge in [0.1, 0.15) is 5.82 Å². The Bertz CT molecular complexity index is 962. The molecule has 0 bridgehead atoms. The molecule has 3 heterocycles. The molecule has 0 radical (unpaired) electrons. The van der Waals surface area contributed by atoms with Crippen LogP contribution in [0.4, 0.5) is 11.8 Å². The molecule has 0 saturated heterocycles. The Kier molecular flexibility index (Phi) is 6.00. The van der Waals surface area contributed by atoms with E-state index in [0.717, 1.165) is 11.1 Å². The van der Waals surface area contributed by atoms with Crippen molar-refractivity contribution in [3.63, 3.8) is 0 Å². The van der Waals surface area contributed by atoms with Crippen LogP contribution in [0.3, 0.4) is 0 Å². The Balaban J connectivity index is 1.43. The van der Waals surface area contributed by atoms with E-state index in [2.05, 4.69) is 30.0 Å². The molecular weight excluding hydrogens is 384 g/mol. The van der Waals surface area contributed by atoms with Crippen LogP contribution in [0.2, 0.25) is 0 Å². The van der Waals surface area contributed by atoms with Gasteiger partial charge in [-0.3, -0.25) is 14.5 Å². The van der Waals surface area contributed by atoms with Gasteiger partial charge in [0.25, 0.3) is 0 Å². The quantitative estimate of drug-likeness (QED) is 0.539. The minimum atomic E-state index is -0.371. The molecule has 1 amide bonds. The van der Waals surface area contributed by atoms with Gasteiger partial charge in [0.2, 0.25) is 11.9 Å². The van der Waals surface area contributed by atoms with E-state index in [0.29, 0.717) is 29.1 Å². The molecule has 148 valence electrons. The maximum atomic E-state index is 12.8. The van der Waals surface area contributed by atoms with E-state index in [1.54, 1.807) is 48.9 Å². The maximum Gasteiger partial charge on any atom is 0.234 e. The fourth-order valence-electron chi connectivity index (χ4n) is 2.85. The molecule has 29 heavy (non-hydrogen) atoms. The number of pyridine rings is 2. The fraction of sp³-hybridized carbons (Fsp3) is 0.286. The van der Waals surface area contributed by atoms with Crippen LogP contribution in [0.15, 0.2) is 55.1 Å². The number of carbonyl (C=O) groups is 1. The first-order valence-electron chi connectivity index (χ1n) is 9.65. The van der Waals surface area contributed by atoms with Gasteiger partial charge in [0.05, 0.1) is 11.6 Å². The van der Waals surface area contributed by atoms with E-state index in [9.17, 15) is 4.79 Å². The van der Waals surface area contributed by atoms with E-state index in [1.165, 1.54) is 12.8 Å². The van der Waals surface area contributed by atoms with Gasteiger partial charge in [0.15, 0.2) is 0 Å². The van der Waals surface area contributed by atoms with Gasteiger partial charge in [-0.25, -0.2) is 15.0 Å². The van der Waals surface area contributed by atoms with Crippen LogP contribution in [0.25, 0.3) is 11.1 Å². The van der Waals surface area contributed by atoms with E-state index in [1.807, 2.05) is 25.1 Å². The van der Waals surface area contributed by atoms with Gasteiger partial charge in [-0.1, -0.05) is 13.0 Å². The zero-order chi connectivity index (χ0) is 20.1. The molecule has 8 heteroatoms. The Labute approximate surface area is 173 Å². The summed E-state index contributed by atoms with van der Waals surface area (Å²) < 4.78 is 3.18. The number of anilines is 2. The molecule has 3 aromatic rings. The summed E-state index contributed by atoms with van der Waals surface area (Å²) in [6.45, 7) is 1.97. The Morgan fingerprint density at radius 1 is 1.14 bits per heavy atom. The molecule has 1 atom stereocenters. The van der Waals surface area contributed by atoms with Crippen LogP contribution in [0, 0.1) is 0 Å². The average Bonchev–Trinajstić information content (AvgIpc) is 3.59. The molecule has 0 aliphatic heterocycles. The van der Waals surface area contributed by atoms with Crippen molar-refractivity contribution in [2.75, 3.05) is 10.0 Å². The van der Waals surface area contributed by atoms with Crippen LogP contribution < -0.4 is 10.0 Å². The van der Waals surface area contributed by atoms with Crippen molar-refractivity contribution in [1.29, 1.82) is 0 Å². The highest BCUT2D eigenvalue weighted by Gasteiger charge is 2.24. The van der Waals surface area contributed by atoms with Gasteiger partial charge in [-0.05, 0) is 55.5 Å². The summed E-state index contributed by atoms with van der Waals surface area (Å²) in [5, 5.41) is 3.54. The lowest BCUT2D eigenvalue weighted by atomic mass is 10.0. The lowest BCUT2D eigenvalue weighted by Gasteiger charge is -2.15.